The molecule has 6 nitrogen and oxygen atoms in total. The number of carboxylic acids is 1. The van der Waals surface area contributed by atoms with E-state index in [1.165, 1.54) is 11.3 Å². The van der Waals surface area contributed by atoms with Gasteiger partial charge in [-0.2, -0.15) is 0 Å². The summed E-state index contributed by atoms with van der Waals surface area (Å²) in [7, 11) is 1.62. The monoisotopic (exact) mass is 257 g/mol. The largest absolute Gasteiger partial charge is 0.481 e. The highest BCUT2D eigenvalue weighted by molar-refractivity contribution is 5.75. The van der Waals surface area contributed by atoms with Crippen molar-refractivity contribution in [3.8, 4) is 0 Å². The number of likely N-dealkylation sites (N-methyl/N-ethyl adjacent to an activating group) is 1. The third-order valence-corrected chi connectivity index (χ3v) is 3.40. The van der Waals surface area contributed by atoms with Gasteiger partial charge in [-0.25, -0.2) is 4.79 Å². The SMILES string of the molecule is CCN1CCCC1CNC(=O)N(C)CCC(=O)O. The fourth-order valence-corrected chi connectivity index (χ4v) is 2.25. The van der Waals surface area contributed by atoms with Crippen LogP contribution in [0.1, 0.15) is 26.2 Å². The first-order chi connectivity index (χ1) is 8.54. The van der Waals surface area contributed by atoms with Crippen molar-refractivity contribution in [2.24, 2.45) is 0 Å². The molecule has 1 aliphatic heterocycles. The quantitative estimate of drug-likeness (QED) is 0.730. The first-order valence-corrected chi connectivity index (χ1v) is 6.49. The molecule has 0 aromatic carbocycles. The molecule has 1 heterocycles. The molecular formula is C12H23N3O3. The number of nitrogens with zero attached hydrogens (tertiary/aromatic N) is 2. The van der Waals surface area contributed by atoms with Crippen LogP contribution in [0.3, 0.4) is 0 Å². The molecule has 0 spiro atoms. The summed E-state index contributed by atoms with van der Waals surface area (Å²) >= 11 is 0. The molecule has 0 saturated carbocycles. The fraction of sp³-hybridized carbons (Fsp3) is 0.833. The number of amides is 2. The Morgan fingerprint density at radius 2 is 2.22 bits per heavy atom. The van der Waals surface area contributed by atoms with Crippen LogP contribution < -0.4 is 5.32 Å². The number of carboxylic acid groups (broad SMARTS) is 1. The van der Waals surface area contributed by atoms with Crippen LogP contribution in [0.5, 0.6) is 0 Å². The van der Waals surface area contributed by atoms with Gasteiger partial charge >= 0.3 is 12.0 Å². The van der Waals surface area contributed by atoms with E-state index in [1.54, 1.807) is 7.05 Å². The lowest BCUT2D eigenvalue weighted by Gasteiger charge is -2.24. The second-order valence-corrected chi connectivity index (χ2v) is 4.68. The molecular weight excluding hydrogens is 234 g/mol. The molecule has 0 aliphatic carbocycles. The van der Waals surface area contributed by atoms with E-state index in [2.05, 4.69) is 17.1 Å². The van der Waals surface area contributed by atoms with Crippen LogP contribution in [-0.2, 0) is 4.79 Å². The first kappa shape index (κ1) is 14.8. The molecule has 0 aromatic rings. The van der Waals surface area contributed by atoms with Crippen LogP contribution in [0.15, 0.2) is 0 Å². The number of hydrogen-bond acceptors (Lipinski definition) is 3. The third-order valence-electron chi connectivity index (χ3n) is 3.40. The van der Waals surface area contributed by atoms with Crippen LogP contribution >= 0.6 is 0 Å². The van der Waals surface area contributed by atoms with Gasteiger partial charge in [-0.3, -0.25) is 9.69 Å². The molecule has 0 bridgehead atoms. The van der Waals surface area contributed by atoms with Gasteiger partial charge < -0.3 is 15.3 Å². The Morgan fingerprint density at radius 1 is 1.50 bits per heavy atom. The van der Waals surface area contributed by atoms with Gasteiger partial charge in [0.25, 0.3) is 0 Å². The van der Waals surface area contributed by atoms with E-state index >= 15 is 0 Å². The Labute approximate surface area is 108 Å². The molecule has 2 N–H and O–H groups in total. The van der Waals surface area contributed by atoms with Crippen LogP contribution in [0, 0.1) is 0 Å². The van der Waals surface area contributed by atoms with Gasteiger partial charge in [-0.15, -0.1) is 0 Å². The second kappa shape index (κ2) is 7.20. The highest BCUT2D eigenvalue weighted by atomic mass is 16.4. The zero-order valence-corrected chi connectivity index (χ0v) is 11.2. The van der Waals surface area contributed by atoms with Crippen molar-refractivity contribution >= 4 is 12.0 Å². The Bertz CT molecular complexity index is 296. The summed E-state index contributed by atoms with van der Waals surface area (Å²) in [4.78, 5) is 25.9. The van der Waals surface area contributed by atoms with Gasteiger partial charge in [0.2, 0.25) is 0 Å². The van der Waals surface area contributed by atoms with Gasteiger partial charge in [0.1, 0.15) is 0 Å². The summed E-state index contributed by atoms with van der Waals surface area (Å²) in [6.07, 6.45) is 2.28. The van der Waals surface area contributed by atoms with E-state index in [0.717, 1.165) is 19.5 Å². The fourth-order valence-electron chi connectivity index (χ4n) is 2.25. The topological polar surface area (TPSA) is 72.9 Å². The third kappa shape index (κ3) is 4.52. The summed E-state index contributed by atoms with van der Waals surface area (Å²) in [5.41, 5.74) is 0. The minimum absolute atomic E-state index is 0.0194. The molecule has 1 atom stereocenters. The number of nitrogens with one attached hydrogen (secondary N) is 1. The highest BCUT2D eigenvalue weighted by Gasteiger charge is 2.23. The van der Waals surface area contributed by atoms with E-state index in [1.807, 2.05) is 0 Å². The van der Waals surface area contributed by atoms with E-state index in [9.17, 15) is 9.59 Å². The lowest BCUT2D eigenvalue weighted by molar-refractivity contribution is -0.137. The van der Waals surface area contributed by atoms with Gasteiger partial charge in [0.15, 0.2) is 0 Å². The normalized spacial score (nSPS) is 19.8. The van der Waals surface area contributed by atoms with E-state index < -0.39 is 5.97 Å². The molecule has 2 amide bonds. The number of hydrogen-bond donors (Lipinski definition) is 2. The van der Waals surface area contributed by atoms with Crippen molar-refractivity contribution in [1.29, 1.82) is 0 Å². The van der Waals surface area contributed by atoms with Crippen molar-refractivity contribution in [3.63, 3.8) is 0 Å². The minimum Gasteiger partial charge on any atom is -0.481 e. The average molecular weight is 257 g/mol. The summed E-state index contributed by atoms with van der Waals surface area (Å²) < 4.78 is 0. The average Bonchev–Trinajstić information content (AvgIpc) is 2.80. The molecule has 1 unspecified atom stereocenters. The highest BCUT2D eigenvalue weighted by Crippen LogP contribution is 2.15. The lowest BCUT2D eigenvalue weighted by Crippen LogP contribution is -2.45. The van der Waals surface area contributed by atoms with E-state index in [4.69, 9.17) is 5.11 Å². The Hall–Kier alpha value is -1.30. The number of urea groups is 1. The van der Waals surface area contributed by atoms with Crippen LogP contribution in [0.2, 0.25) is 0 Å². The number of aliphatic carboxylic acids is 1. The molecule has 1 fully saturated rings. The predicted octanol–water partition coefficient (Wildman–Crippen LogP) is 0.587. The van der Waals surface area contributed by atoms with Crippen molar-refractivity contribution in [2.45, 2.75) is 32.2 Å². The second-order valence-electron chi connectivity index (χ2n) is 4.68. The summed E-state index contributed by atoms with van der Waals surface area (Å²) in [5, 5.41) is 11.4. The van der Waals surface area contributed by atoms with Crippen molar-refractivity contribution in [2.75, 3.05) is 33.2 Å². The maximum atomic E-state index is 11.7. The van der Waals surface area contributed by atoms with Crippen LogP contribution in [0.25, 0.3) is 0 Å². The minimum atomic E-state index is -0.886. The molecule has 104 valence electrons. The zero-order valence-electron chi connectivity index (χ0n) is 11.2. The molecule has 6 heteroatoms. The van der Waals surface area contributed by atoms with Gasteiger partial charge in [0.05, 0.1) is 6.42 Å². The standard InChI is InChI=1S/C12H23N3O3/c1-3-15-7-4-5-10(15)9-13-12(18)14(2)8-6-11(16)17/h10H,3-9H2,1-2H3,(H,13,18)(H,16,17). The number of carbonyl (C=O) groups is 2. The van der Waals surface area contributed by atoms with Gasteiger partial charge in [-0.05, 0) is 25.9 Å². The number of rotatable bonds is 6. The maximum Gasteiger partial charge on any atom is 0.317 e. The van der Waals surface area contributed by atoms with Crippen molar-refractivity contribution in [3.05, 3.63) is 0 Å². The molecule has 0 radical (unpaired) electrons. The van der Waals surface area contributed by atoms with Gasteiger partial charge in [-0.1, -0.05) is 6.92 Å². The smallest absolute Gasteiger partial charge is 0.317 e. The van der Waals surface area contributed by atoms with E-state index in [-0.39, 0.29) is 19.0 Å². The summed E-state index contributed by atoms with van der Waals surface area (Å²) in [5.74, 6) is -0.886. The van der Waals surface area contributed by atoms with Gasteiger partial charge in [0, 0.05) is 26.2 Å². The maximum absolute atomic E-state index is 11.7. The van der Waals surface area contributed by atoms with Crippen LogP contribution in [0.4, 0.5) is 4.79 Å². The Kier molecular flexibility index (Phi) is 5.91. The predicted molar refractivity (Wildman–Crippen MR) is 68.6 cm³/mol. The molecule has 1 saturated heterocycles. The molecule has 18 heavy (non-hydrogen) atoms. The lowest BCUT2D eigenvalue weighted by atomic mass is 10.2. The number of likely N-dealkylation sites (tertiary alicyclic amines) is 1. The molecule has 1 aliphatic rings. The summed E-state index contributed by atoms with van der Waals surface area (Å²) in [6, 6.07) is 0.228. The molecule has 0 aromatic heterocycles. The van der Waals surface area contributed by atoms with Crippen LogP contribution in [-0.4, -0.2) is 66.2 Å². The Balaban J connectivity index is 2.25. The first-order valence-electron chi connectivity index (χ1n) is 6.49. The van der Waals surface area contributed by atoms with E-state index in [0.29, 0.717) is 12.6 Å². The summed E-state index contributed by atoms with van der Waals surface area (Å²) in [6.45, 7) is 5.12. The number of carbonyl (C=O) groups excluding carboxylic acids is 1. The molecule has 1 rings (SSSR count). The van der Waals surface area contributed by atoms with Crippen molar-refractivity contribution < 1.29 is 14.7 Å². The zero-order chi connectivity index (χ0) is 13.5. The van der Waals surface area contributed by atoms with Crippen molar-refractivity contribution in [1.82, 2.24) is 15.1 Å². The Morgan fingerprint density at radius 3 is 2.83 bits per heavy atom.